The quantitative estimate of drug-likeness (QED) is 0.640. The Morgan fingerprint density at radius 1 is 0.947 bits per heavy atom. The van der Waals surface area contributed by atoms with Gasteiger partial charge in [0, 0.05) is 21.2 Å². The zero-order valence-corrected chi connectivity index (χ0v) is 11.9. The smallest absolute Gasteiger partial charge is 0.148 e. The van der Waals surface area contributed by atoms with Crippen molar-refractivity contribution in [3.63, 3.8) is 0 Å². The zero-order chi connectivity index (χ0) is 13.2. The van der Waals surface area contributed by atoms with Crippen molar-refractivity contribution in [3.8, 4) is 11.3 Å². The van der Waals surface area contributed by atoms with Gasteiger partial charge in [0.15, 0.2) is 5.15 Å². The minimum atomic E-state index is 0.458. The molecule has 19 heavy (non-hydrogen) atoms. The molecule has 0 fully saturated rings. The summed E-state index contributed by atoms with van der Waals surface area (Å²) in [6.45, 7) is 0. The molecule has 0 saturated carbocycles. The first-order valence-electron chi connectivity index (χ1n) is 5.85. The average molecular weight is 287 g/mol. The van der Waals surface area contributed by atoms with Gasteiger partial charge in [-0.3, -0.25) is 0 Å². The lowest BCUT2D eigenvalue weighted by atomic mass is 10.1. The fraction of sp³-hybridized carbons (Fsp3) is 0.0667. The predicted octanol–water partition coefficient (Wildman–Crippen LogP) is 4.67. The van der Waals surface area contributed by atoms with Crippen LogP contribution in [-0.4, -0.2) is 16.5 Å². The summed E-state index contributed by atoms with van der Waals surface area (Å²) >= 11 is 7.88. The number of hydrogen-bond donors (Lipinski definition) is 0. The SMILES string of the molecule is CSc1cccc2c(-c3ccccc3)nnc(Cl)c12. The molecule has 3 rings (SSSR count). The number of thioether (sulfide) groups is 1. The monoisotopic (exact) mass is 286 g/mol. The Labute approximate surface area is 120 Å². The fourth-order valence-electron chi connectivity index (χ4n) is 2.12. The van der Waals surface area contributed by atoms with Crippen LogP contribution < -0.4 is 0 Å². The molecule has 0 bridgehead atoms. The lowest BCUT2D eigenvalue weighted by Crippen LogP contribution is -1.92. The predicted molar refractivity (Wildman–Crippen MR) is 81.8 cm³/mol. The molecule has 0 saturated heterocycles. The second-order valence-electron chi connectivity index (χ2n) is 4.09. The van der Waals surface area contributed by atoms with E-state index in [-0.39, 0.29) is 0 Å². The molecular weight excluding hydrogens is 276 g/mol. The van der Waals surface area contributed by atoms with Crippen LogP contribution in [0.15, 0.2) is 53.4 Å². The van der Waals surface area contributed by atoms with Crippen molar-refractivity contribution >= 4 is 34.1 Å². The molecule has 0 radical (unpaired) electrons. The van der Waals surface area contributed by atoms with Crippen molar-refractivity contribution in [2.24, 2.45) is 0 Å². The third kappa shape index (κ3) is 2.20. The maximum absolute atomic E-state index is 6.21. The molecule has 0 amide bonds. The summed E-state index contributed by atoms with van der Waals surface area (Å²) in [7, 11) is 0. The molecule has 0 unspecified atom stereocenters. The summed E-state index contributed by atoms with van der Waals surface area (Å²) in [5.74, 6) is 0. The van der Waals surface area contributed by atoms with Crippen LogP contribution in [-0.2, 0) is 0 Å². The van der Waals surface area contributed by atoms with Crippen LogP contribution in [0.2, 0.25) is 5.15 Å². The summed E-state index contributed by atoms with van der Waals surface area (Å²) in [5.41, 5.74) is 1.92. The van der Waals surface area contributed by atoms with Crippen molar-refractivity contribution in [1.82, 2.24) is 10.2 Å². The minimum Gasteiger partial charge on any atom is -0.148 e. The van der Waals surface area contributed by atoms with Gasteiger partial charge in [-0.25, -0.2) is 0 Å². The van der Waals surface area contributed by atoms with Gasteiger partial charge in [-0.2, -0.15) is 0 Å². The standard InChI is InChI=1S/C15H11ClN2S/c1-19-12-9-5-8-11-13(12)15(16)18-17-14(11)10-6-3-2-4-7-10/h2-9H,1H3. The normalized spacial score (nSPS) is 10.8. The molecule has 4 heteroatoms. The Morgan fingerprint density at radius 3 is 2.47 bits per heavy atom. The number of halogens is 1. The Balaban J connectivity index is 2.37. The van der Waals surface area contributed by atoms with E-state index in [1.165, 1.54) is 0 Å². The molecule has 1 heterocycles. The van der Waals surface area contributed by atoms with Crippen molar-refractivity contribution in [2.45, 2.75) is 4.90 Å². The van der Waals surface area contributed by atoms with E-state index in [1.54, 1.807) is 11.8 Å². The van der Waals surface area contributed by atoms with E-state index >= 15 is 0 Å². The zero-order valence-electron chi connectivity index (χ0n) is 10.3. The van der Waals surface area contributed by atoms with Crippen molar-refractivity contribution < 1.29 is 0 Å². The van der Waals surface area contributed by atoms with Gasteiger partial charge in [-0.15, -0.1) is 22.0 Å². The molecule has 0 aliphatic rings. The van der Waals surface area contributed by atoms with E-state index in [1.807, 2.05) is 48.7 Å². The van der Waals surface area contributed by atoms with Gasteiger partial charge >= 0.3 is 0 Å². The molecule has 1 aromatic heterocycles. The van der Waals surface area contributed by atoms with Gasteiger partial charge in [0.2, 0.25) is 0 Å². The van der Waals surface area contributed by atoms with Crippen LogP contribution in [0.4, 0.5) is 0 Å². The average Bonchev–Trinajstić information content (AvgIpc) is 2.48. The van der Waals surface area contributed by atoms with E-state index in [0.29, 0.717) is 5.15 Å². The van der Waals surface area contributed by atoms with Crippen LogP contribution in [0.5, 0.6) is 0 Å². The van der Waals surface area contributed by atoms with Gasteiger partial charge in [-0.1, -0.05) is 54.1 Å². The molecule has 0 aliphatic carbocycles. The molecular formula is C15H11ClN2S. The Bertz CT molecular complexity index is 729. The molecule has 2 aromatic carbocycles. The third-order valence-electron chi connectivity index (χ3n) is 2.99. The summed E-state index contributed by atoms with van der Waals surface area (Å²) in [6, 6.07) is 16.2. The number of fused-ring (bicyclic) bond motifs is 1. The van der Waals surface area contributed by atoms with Gasteiger partial charge in [0.1, 0.15) is 5.69 Å². The fourth-order valence-corrected chi connectivity index (χ4v) is 3.04. The highest BCUT2D eigenvalue weighted by atomic mass is 35.5. The summed E-state index contributed by atoms with van der Waals surface area (Å²) in [5, 5.41) is 10.8. The lowest BCUT2D eigenvalue weighted by Gasteiger charge is -2.09. The highest BCUT2D eigenvalue weighted by Crippen LogP contribution is 2.35. The van der Waals surface area contributed by atoms with Crippen LogP contribution >= 0.6 is 23.4 Å². The largest absolute Gasteiger partial charge is 0.160 e. The molecule has 0 aliphatic heterocycles. The van der Waals surface area contributed by atoms with E-state index in [2.05, 4.69) is 16.3 Å². The molecule has 2 nitrogen and oxygen atoms in total. The van der Waals surface area contributed by atoms with E-state index in [4.69, 9.17) is 11.6 Å². The first-order valence-corrected chi connectivity index (χ1v) is 7.46. The highest BCUT2D eigenvalue weighted by molar-refractivity contribution is 7.98. The van der Waals surface area contributed by atoms with Crippen LogP contribution in [0.1, 0.15) is 0 Å². The number of aromatic nitrogens is 2. The van der Waals surface area contributed by atoms with Gasteiger partial charge in [0.05, 0.1) is 0 Å². The van der Waals surface area contributed by atoms with Crippen LogP contribution in [0.3, 0.4) is 0 Å². The topological polar surface area (TPSA) is 25.8 Å². The van der Waals surface area contributed by atoms with Crippen LogP contribution in [0, 0.1) is 0 Å². The second-order valence-corrected chi connectivity index (χ2v) is 5.29. The van der Waals surface area contributed by atoms with E-state index in [9.17, 15) is 0 Å². The Hall–Kier alpha value is -1.58. The maximum atomic E-state index is 6.21. The van der Waals surface area contributed by atoms with Crippen molar-refractivity contribution in [2.75, 3.05) is 6.26 Å². The summed E-state index contributed by atoms with van der Waals surface area (Å²) < 4.78 is 0. The molecule has 0 N–H and O–H groups in total. The third-order valence-corrected chi connectivity index (χ3v) is 4.04. The number of nitrogens with zero attached hydrogens (tertiary/aromatic N) is 2. The lowest BCUT2D eigenvalue weighted by molar-refractivity contribution is 1.05. The van der Waals surface area contributed by atoms with Gasteiger partial charge in [0.25, 0.3) is 0 Å². The highest BCUT2D eigenvalue weighted by Gasteiger charge is 2.12. The van der Waals surface area contributed by atoms with Gasteiger partial charge < -0.3 is 0 Å². The first-order chi connectivity index (χ1) is 9.31. The van der Waals surface area contributed by atoms with Crippen molar-refractivity contribution in [3.05, 3.63) is 53.7 Å². The molecule has 0 spiro atoms. The number of benzene rings is 2. The van der Waals surface area contributed by atoms with Crippen LogP contribution in [0.25, 0.3) is 22.0 Å². The maximum Gasteiger partial charge on any atom is 0.160 e. The Morgan fingerprint density at radius 2 is 1.74 bits per heavy atom. The number of hydrogen-bond acceptors (Lipinski definition) is 3. The molecule has 94 valence electrons. The van der Waals surface area contributed by atoms with E-state index in [0.717, 1.165) is 26.9 Å². The minimum absolute atomic E-state index is 0.458. The van der Waals surface area contributed by atoms with E-state index < -0.39 is 0 Å². The molecule has 0 atom stereocenters. The molecule has 3 aromatic rings. The van der Waals surface area contributed by atoms with Gasteiger partial charge in [-0.05, 0) is 12.3 Å². The Kier molecular flexibility index (Phi) is 3.40. The first kappa shape index (κ1) is 12.5. The summed E-state index contributed by atoms with van der Waals surface area (Å²) in [6.07, 6.45) is 2.04. The van der Waals surface area contributed by atoms with Crippen molar-refractivity contribution in [1.29, 1.82) is 0 Å². The number of rotatable bonds is 2. The summed E-state index contributed by atoms with van der Waals surface area (Å²) in [4.78, 5) is 1.12. The second kappa shape index (κ2) is 5.19.